The Morgan fingerprint density at radius 2 is 1.97 bits per heavy atom. The van der Waals surface area contributed by atoms with Crippen LogP contribution >= 0.6 is 0 Å². The molecule has 0 spiro atoms. The number of ether oxygens (including phenoxy) is 2. The summed E-state index contributed by atoms with van der Waals surface area (Å²) in [6, 6.07) is 8.15. The van der Waals surface area contributed by atoms with Crippen LogP contribution in [-0.4, -0.2) is 46.7 Å². The summed E-state index contributed by atoms with van der Waals surface area (Å²) in [6.45, 7) is 9.30. The van der Waals surface area contributed by atoms with Crippen molar-refractivity contribution in [1.29, 1.82) is 0 Å². The molecule has 1 aromatic carbocycles. The van der Waals surface area contributed by atoms with E-state index in [0.717, 1.165) is 24.2 Å². The van der Waals surface area contributed by atoms with Gasteiger partial charge in [-0.1, -0.05) is 32.0 Å². The molecule has 2 saturated heterocycles. The summed E-state index contributed by atoms with van der Waals surface area (Å²) >= 11 is 0. The first-order chi connectivity index (χ1) is 14.1. The topological polar surface area (TPSA) is 76.1 Å². The minimum atomic E-state index is -0.863. The fourth-order valence-corrected chi connectivity index (χ4v) is 5.47. The van der Waals surface area contributed by atoms with Gasteiger partial charge in [0.1, 0.15) is 11.4 Å². The van der Waals surface area contributed by atoms with E-state index in [1.165, 1.54) is 0 Å². The molecule has 0 unspecified atom stereocenters. The van der Waals surface area contributed by atoms with Gasteiger partial charge in [-0.15, -0.1) is 0 Å². The van der Waals surface area contributed by atoms with Gasteiger partial charge in [-0.25, -0.2) is 0 Å². The number of nitrogens with zero attached hydrogens (tertiary/aromatic N) is 1. The number of rotatable bonds is 4. The van der Waals surface area contributed by atoms with Crippen LogP contribution in [0.2, 0.25) is 0 Å². The molecular formula is C24H33NO5. The van der Waals surface area contributed by atoms with Gasteiger partial charge in [0.25, 0.3) is 0 Å². The molecule has 4 atom stereocenters. The summed E-state index contributed by atoms with van der Waals surface area (Å²) in [7, 11) is 0. The lowest BCUT2D eigenvalue weighted by atomic mass is 9.70. The predicted molar refractivity (Wildman–Crippen MR) is 112 cm³/mol. The number of likely N-dealkylation sites (tertiary alicyclic amines) is 1. The molecular weight excluding hydrogens is 382 g/mol. The van der Waals surface area contributed by atoms with Crippen molar-refractivity contribution in [2.45, 2.75) is 71.2 Å². The van der Waals surface area contributed by atoms with Gasteiger partial charge in [0.2, 0.25) is 5.91 Å². The Hall–Kier alpha value is -2.08. The number of carbonyl (C=O) groups is 2. The second-order valence-corrected chi connectivity index (χ2v) is 10.5. The zero-order valence-electron chi connectivity index (χ0n) is 18.4. The van der Waals surface area contributed by atoms with Crippen LogP contribution in [0.1, 0.15) is 65.0 Å². The van der Waals surface area contributed by atoms with Gasteiger partial charge in [-0.2, -0.15) is 0 Å². The number of amides is 1. The molecule has 6 heteroatoms. The highest BCUT2D eigenvalue weighted by Crippen LogP contribution is 2.52. The molecule has 2 fully saturated rings. The summed E-state index contributed by atoms with van der Waals surface area (Å²) in [6.07, 6.45) is 2.20. The number of para-hydroxylation sites is 1. The smallest absolute Gasteiger partial charge is 0.303 e. The van der Waals surface area contributed by atoms with Crippen molar-refractivity contribution in [1.82, 2.24) is 4.90 Å². The van der Waals surface area contributed by atoms with E-state index in [9.17, 15) is 9.59 Å². The van der Waals surface area contributed by atoms with Crippen molar-refractivity contribution >= 4 is 11.9 Å². The summed E-state index contributed by atoms with van der Waals surface area (Å²) < 4.78 is 13.0. The van der Waals surface area contributed by atoms with Crippen LogP contribution < -0.4 is 4.74 Å². The third-order valence-corrected chi connectivity index (χ3v) is 7.01. The van der Waals surface area contributed by atoms with Gasteiger partial charge >= 0.3 is 5.97 Å². The van der Waals surface area contributed by atoms with E-state index in [-0.39, 0.29) is 48.4 Å². The predicted octanol–water partition coefficient (Wildman–Crippen LogP) is 4.04. The third kappa shape index (κ3) is 4.07. The molecule has 1 N–H and O–H groups in total. The number of hydrogen-bond donors (Lipinski definition) is 1. The number of aliphatic carboxylic acids is 1. The Morgan fingerprint density at radius 1 is 1.23 bits per heavy atom. The van der Waals surface area contributed by atoms with E-state index in [0.29, 0.717) is 13.1 Å². The molecule has 0 radical (unpaired) electrons. The standard InChI is InChI=1S/C24H33NO5/c1-23(2,13-21(27)28)12-20(26)25-10-9-18-15(14-25)11-17-22(29-18)16-7-5-6-8-19(16)30-24(17,3)4/h5-8,15,17-18,22H,9-14H2,1-4H3,(H,27,28)/t15-,17-,18-,22+/m0/s1. The van der Waals surface area contributed by atoms with Gasteiger partial charge in [0.15, 0.2) is 0 Å². The molecule has 1 aromatic rings. The molecule has 0 saturated carbocycles. The largest absolute Gasteiger partial charge is 0.487 e. The molecule has 0 aromatic heterocycles. The van der Waals surface area contributed by atoms with Crippen molar-refractivity contribution in [3.05, 3.63) is 29.8 Å². The van der Waals surface area contributed by atoms with Gasteiger partial charge < -0.3 is 19.5 Å². The summed E-state index contributed by atoms with van der Waals surface area (Å²) in [5.41, 5.74) is 0.255. The molecule has 30 heavy (non-hydrogen) atoms. The van der Waals surface area contributed by atoms with Gasteiger partial charge in [0, 0.05) is 36.9 Å². The Labute approximate surface area is 178 Å². The van der Waals surface area contributed by atoms with Crippen LogP contribution in [0.4, 0.5) is 0 Å². The first-order valence-corrected chi connectivity index (χ1v) is 11.0. The van der Waals surface area contributed by atoms with E-state index < -0.39 is 11.4 Å². The fourth-order valence-electron chi connectivity index (χ4n) is 5.47. The molecule has 3 aliphatic rings. The second kappa shape index (κ2) is 7.56. The van der Waals surface area contributed by atoms with Crippen LogP contribution in [0.5, 0.6) is 5.75 Å². The van der Waals surface area contributed by atoms with Crippen LogP contribution in [0, 0.1) is 17.3 Å². The number of carboxylic acid groups (broad SMARTS) is 1. The van der Waals surface area contributed by atoms with Gasteiger partial charge in [0.05, 0.1) is 18.6 Å². The number of carboxylic acids is 1. The van der Waals surface area contributed by atoms with Crippen LogP contribution in [0.25, 0.3) is 0 Å². The Kier molecular flexibility index (Phi) is 5.33. The number of piperidine rings is 1. The van der Waals surface area contributed by atoms with Crippen molar-refractivity contribution in [3.63, 3.8) is 0 Å². The van der Waals surface area contributed by atoms with E-state index >= 15 is 0 Å². The van der Waals surface area contributed by atoms with E-state index in [1.807, 2.05) is 36.9 Å². The maximum atomic E-state index is 12.9. The second-order valence-electron chi connectivity index (χ2n) is 10.5. The fraction of sp³-hybridized carbons (Fsp3) is 0.667. The molecule has 1 amide bonds. The van der Waals surface area contributed by atoms with E-state index in [1.54, 1.807) is 0 Å². The lowest BCUT2D eigenvalue weighted by Crippen LogP contribution is -2.56. The van der Waals surface area contributed by atoms with Crippen molar-refractivity contribution in [2.75, 3.05) is 13.1 Å². The highest BCUT2D eigenvalue weighted by molar-refractivity contribution is 5.78. The minimum absolute atomic E-state index is 0.00354. The third-order valence-electron chi connectivity index (χ3n) is 7.01. The Balaban J connectivity index is 1.47. The zero-order chi connectivity index (χ0) is 21.7. The van der Waals surface area contributed by atoms with Crippen LogP contribution in [0.3, 0.4) is 0 Å². The lowest BCUT2D eigenvalue weighted by Gasteiger charge is -2.53. The molecule has 164 valence electrons. The molecule has 6 nitrogen and oxygen atoms in total. The minimum Gasteiger partial charge on any atom is -0.487 e. The average Bonchev–Trinajstić information content (AvgIpc) is 2.64. The molecule has 0 bridgehead atoms. The van der Waals surface area contributed by atoms with Crippen molar-refractivity contribution in [2.24, 2.45) is 17.3 Å². The number of fused-ring (bicyclic) bond motifs is 4. The normalized spacial score (nSPS) is 29.8. The summed E-state index contributed by atoms with van der Waals surface area (Å²) in [5.74, 6) is 0.603. The first-order valence-electron chi connectivity index (χ1n) is 11.0. The van der Waals surface area contributed by atoms with Crippen LogP contribution in [-0.2, 0) is 14.3 Å². The highest BCUT2D eigenvalue weighted by atomic mass is 16.5. The summed E-state index contributed by atoms with van der Waals surface area (Å²) in [4.78, 5) is 25.9. The molecule has 0 aliphatic carbocycles. The lowest BCUT2D eigenvalue weighted by molar-refractivity contribution is -0.189. The first kappa shape index (κ1) is 21.2. The van der Waals surface area contributed by atoms with E-state index in [4.69, 9.17) is 14.6 Å². The number of benzene rings is 1. The maximum absolute atomic E-state index is 12.9. The number of hydrogen-bond acceptors (Lipinski definition) is 4. The monoisotopic (exact) mass is 415 g/mol. The zero-order valence-corrected chi connectivity index (χ0v) is 18.4. The molecule has 3 aliphatic heterocycles. The van der Waals surface area contributed by atoms with Crippen molar-refractivity contribution < 1.29 is 24.2 Å². The van der Waals surface area contributed by atoms with Crippen LogP contribution in [0.15, 0.2) is 24.3 Å². The van der Waals surface area contributed by atoms with Crippen molar-refractivity contribution in [3.8, 4) is 5.75 Å². The Morgan fingerprint density at radius 3 is 2.70 bits per heavy atom. The Bertz CT molecular complexity index is 833. The van der Waals surface area contributed by atoms with Gasteiger partial charge in [-0.05, 0) is 38.2 Å². The van der Waals surface area contributed by atoms with Gasteiger partial charge in [-0.3, -0.25) is 9.59 Å². The number of carbonyl (C=O) groups excluding carboxylic acids is 1. The van der Waals surface area contributed by atoms with E-state index in [2.05, 4.69) is 19.9 Å². The molecule has 3 heterocycles. The SMILES string of the molecule is CC(C)(CC(=O)O)CC(=O)N1CC[C@@H]2O[C@@H]3c4ccccc4OC(C)(C)[C@H]3C[C@H]2C1. The summed E-state index contributed by atoms with van der Waals surface area (Å²) in [5, 5.41) is 9.10. The highest BCUT2D eigenvalue weighted by Gasteiger charge is 2.51. The quantitative estimate of drug-likeness (QED) is 0.803. The maximum Gasteiger partial charge on any atom is 0.303 e. The average molecular weight is 416 g/mol. The molecule has 4 rings (SSSR count).